The van der Waals surface area contributed by atoms with Crippen LogP contribution in [-0.4, -0.2) is 16.5 Å². The van der Waals surface area contributed by atoms with Gasteiger partial charge in [-0.05, 0) is 19.5 Å². The fraction of sp³-hybridized carbons (Fsp3) is 0.400. The molecule has 1 N–H and O–H groups in total. The number of pyridine rings is 1. The Bertz CT molecular complexity index is 391. The van der Waals surface area contributed by atoms with E-state index in [4.69, 9.17) is 0 Å². The smallest absolute Gasteiger partial charge is 0.111 e. The van der Waals surface area contributed by atoms with Gasteiger partial charge in [-0.3, -0.25) is 4.98 Å². The Morgan fingerprint density at radius 2 is 2.43 bits per heavy atom. The van der Waals surface area contributed by atoms with Gasteiger partial charge in [0, 0.05) is 6.20 Å². The lowest BCUT2D eigenvalue weighted by Gasteiger charge is -2.07. The molecule has 2 rings (SSSR count). The van der Waals surface area contributed by atoms with Crippen LogP contribution in [0.4, 0.5) is 0 Å². The minimum atomic E-state index is 0.331. The number of thiazole rings is 1. The molecule has 0 amide bonds. The van der Waals surface area contributed by atoms with Gasteiger partial charge in [-0.25, -0.2) is 4.98 Å². The molecule has 1 unspecified atom stereocenters. The van der Waals surface area contributed by atoms with Crippen molar-refractivity contribution in [3.05, 3.63) is 23.5 Å². The SMILES string of the molecule is CCNC(C)c1nc2cnccc2s1. The third-order valence-electron chi connectivity index (χ3n) is 2.09. The third-order valence-corrected chi connectivity index (χ3v) is 3.31. The summed E-state index contributed by atoms with van der Waals surface area (Å²) >= 11 is 1.73. The summed E-state index contributed by atoms with van der Waals surface area (Å²) in [7, 11) is 0. The molecule has 0 aliphatic heterocycles. The van der Waals surface area contributed by atoms with Crippen molar-refractivity contribution in [1.29, 1.82) is 0 Å². The van der Waals surface area contributed by atoms with Gasteiger partial charge in [0.05, 0.1) is 22.5 Å². The summed E-state index contributed by atoms with van der Waals surface area (Å²) in [6.45, 7) is 5.20. The maximum Gasteiger partial charge on any atom is 0.111 e. The minimum absolute atomic E-state index is 0.331. The average Bonchev–Trinajstić information content (AvgIpc) is 2.61. The lowest BCUT2D eigenvalue weighted by Crippen LogP contribution is -2.17. The second kappa shape index (κ2) is 4.02. The maximum atomic E-state index is 4.52. The fourth-order valence-corrected chi connectivity index (χ4v) is 2.34. The van der Waals surface area contributed by atoms with E-state index in [-0.39, 0.29) is 0 Å². The van der Waals surface area contributed by atoms with Gasteiger partial charge >= 0.3 is 0 Å². The Morgan fingerprint density at radius 1 is 1.57 bits per heavy atom. The van der Waals surface area contributed by atoms with Crippen LogP contribution in [0.15, 0.2) is 18.5 Å². The minimum Gasteiger partial charge on any atom is -0.308 e. The topological polar surface area (TPSA) is 37.8 Å². The summed E-state index contributed by atoms with van der Waals surface area (Å²) < 4.78 is 1.21. The molecule has 0 radical (unpaired) electrons. The highest BCUT2D eigenvalue weighted by Crippen LogP contribution is 2.25. The van der Waals surface area contributed by atoms with Crippen molar-refractivity contribution in [2.45, 2.75) is 19.9 Å². The van der Waals surface area contributed by atoms with Crippen LogP contribution < -0.4 is 5.32 Å². The zero-order chi connectivity index (χ0) is 9.97. The number of hydrogen-bond donors (Lipinski definition) is 1. The van der Waals surface area contributed by atoms with E-state index in [1.807, 2.05) is 18.5 Å². The summed E-state index contributed by atoms with van der Waals surface area (Å²) in [5.41, 5.74) is 0.997. The molecule has 2 aromatic rings. The van der Waals surface area contributed by atoms with Crippen molar-refractivity contribution in [2.24, 2.45) is 0 Å². The van der Waals surface area contributed by atoms with E-state index in [0.29, 0.717) is 6.04 Å². The zero-order valence-corrected chi connectivity index (χ0v) is 9.14. The number of nitrogens with one attached hydrogen (secondary N) is 1. The van der Waals surface area contributed by atoms with E-state index in [2.05, 4.69) is 29.1 Å². The van der Waals surface area contributed by atoms with Crippen LogP contribution in [0.5, 0.6) is 0 Å². The van der Waals surface area contributed by atoms with E-state index < -0.39 is 0 Å². The molecule has 0 fully saturated rings. The van der Waals surface area contributed by atoms with Crippen molar-refractivity contribution in [2.75, 3.05) is 6.54 Å². The second-order valence-corrected chi connectivity index (χ2v) is 4.24. The molecule has 0 spiro atoms. The predicted molar refractivity (Wildman–Crippen MR) is 59.5 cm³/mol. The first-order valence-electron chi connectivity index (χ1n) is 4.75. The molecule has 3 nitrogen and oxygen atoms in total. The quantitative estimate of drug-likeness (QED) is 0.839. The summed E-state index contributed by atoms with van der Waals surface area (Å²) in [5.74, 6) is 0. The molecule has 14 heavy (non-hydrogen) atoms. The summed E-state index contributed by atoms with van der Waals surface area (Å²) in [6.07, 6.45) is 3.62. The van der Waals surface area contributed by atoms with Gasteiger partial charge in [-0.15, -0.1) is 11.3 Å². The Kier molecular flexibility index (Phi) is 2.74. The highest BCUT2D eigenvalue weighted by Gasteiger charge is 2.09. The lowest BCUT2D eigenvalue weighted by molar-refractivity contribution is 0.596. The number of hydrogen-bond acceptors (Lipinski definition) is 4. The van der Waals surface area contributed by atoms with Crippen LogP contribution in [0, 0.1) is 0 Å². The zero-order valence-electron chi connectivity index (χ0n) is 8.32. The molecule has 2 aromatic heterocycles. The first-order chi connectivity index (χ1) is 6.81. The van der Waals surface area contributed by atoms with Crippen molar-refractivity contribution in [1.82, 2.24) is 15.3 Å². The van der Waals surface area contributed by atoms with Crippen LogP contribution in [0.25, 0.3) is 10.2 Å². The van der Waals surface area contributed by atoms with Gasteiger partial charge in [-0.2, -0.15) is 0 Å². The Balaban J connectivity index is 2.35. The van der Waals surface area contributed by atoms with Crippen molar-refractivity contribution >= 4 is 21.6 Å². The van der Waals surface area contributed by atoms with Gasteiger partial charge in [0.25, 0.3) is 0 Å². The molecule has 4 heteroatoms. The van der Waals surface area contributed by atoms with Gasteiger partial charge in [0.1, 0.15) is 5.01 Å². The van der Waals surface area contributed by atoms with E-state index in [1.54, 1.807) is 11.3 Å². The van der Waals surface area contributed by atoms with E-state index in [1.165, 1.54) is 4.70 Å². The average molecular weight is 207 g/mol. The van der Waals surface area contributed by atoms with Crippen LogP contribution in [-0.2, 0) is 0 Å². The number of rotatable bonds is 3. The number of fused-ring (bicyclic) bond motifs is 1. The highest BCUT2D eigenvalue weighted by molar-refractivity contribution is 7.18. The van der Waals surface area contributed by atoms with Crippen LogP contribution in [0.1, 0.15) is 24.9 Å². The van der Waals surface area contributed by atoms with Gasteiger partial charge in [0.2, 0.25) is 0 Å². The summed E-state index contributed by atoms with van der Waals surface area (Å²) in [5, 5.41) is 4.48. The van der Waals surface area contributed by atoms with Crippen molar-refractivity contribution in [3.8, 4) is 0 Å². The molecule has 0 aliphatic carbocycles. The van der Waals surface area contributed by atoms with Crippen LogP contribution in [0.2, 0.25) is 0 Å². The molecular weight excluding hydrogens is 194 g/mol. The molecule has 74 valence electrons. The van der Waals surface area contributed by atoms with E-state index in [0.717, 1.165) is 17.1 Å². The lowest BCUT2D eigenvalue weighted by atomic mass is 10.3. The summed E-state index contributed by atoms with van der Waals surface area (Å²) in [4.78, 5) is 8.58. The van der Waals surface area contributed by atoms with Gasteiger partial charge < -0.3 is 5.32 Å². The Labute approximate surface area is 87.2 Å². The standard InChI is InChI=1S/C10H13N3S/c1-3-12-7(2)10-13-8-6-11-5-4-9(8)14-10/h4-7,12H,3H2,1-2H3. The Morgan fingerprint density at radius 3 is 3.14 bits per heavy atom. The normalized spacial score (nSPS) is 13.3. The van der Waals surface area contributed by atoms with Crippen LogP contribution >= 0.6 is 11.3 Å². The first-order valence-corrected chi connectivity index (χ1v) is 5.56. The third kappa shape index (κ3) is 1.76. The fourth-order valence-electron chi connectivity index (χ4n) is 1.38. The first kappa shape index (κ1) is 9.55. The van der Waals surface area contributed by atoms with Crippen LogP contribution in [0.3, 0.4) is 0 Å². The highest BCUT2D eigenvalue weighted by atomic mass is 32.1. The molecule has 0 aliphatic rings. The Hall–Kier alpha value is -1.00. The van der Waals surface area contributed by atoms with E-state index >= 15 is 0 Å². The molecule has 0 bridgehead atoms. The molecule has 0 saturated heterocycles. The number of nitrogens with zero attached hydrogens (tertiary/aromatic N) is 2. The molecule has 0 saturated carbocycles. The number of aromatic nitrogens is 2. The van der Waals surface area contributed by atoms with Crippen molar-refractivity contribution in [3.63, 3.8) is 0 Å². The van der Waals surface area contributed by atoms with Crippen molar-refractivity contribution < 1.29 is 0 Å². The van der Waals surface area contributed by atoms with Gasteiger partial charge in [0.15, 0.2) is 0 Å². The predicted octanol–water partition coefficient (Wildman–Crippen LogP) is 2.36. The molecule has 0 aromatic carbocycles. The maximum absolute atomic E-state index is 4.52. The second-order valence-electron chi connectivity index (χ2n) is 3.17. The molecule has 2 heterocycles. The largest absolute Gasteiger partial charge is 0.308 e. The monoisotopic (exact) mass is 207 g/mol. The van der Waals surface area contributed by atoms with E-state index in [9.17, 15) is 0 Å². The molecule has 1 atom stereocenters. The summed E-state index contributed by atoms with van der Waals surface area (Å²) in [6, 6.07) is 2.34. The molecular formula is C10H13N3S. The van der Waals surface area contributed by atoms with Gasteiger partial charge in [-0.1, -0.05) is 6.92 Å².